The molecule has 1 aromatic heterocycles. The molecular weight excluding hydrogens is 236 g/mol. The number of hydrogen-bond donors (Lipinski definition) is 2. The van der Waals surface area contributed by atoms with Crippen molar-refractivity contribution >= 4 is 34.6 Å². The first-order valence-corrected chi connectivity index (χ1v) is 4.77. The predicted molar refractivity (Wildman–Crippen MR) is 50.4 cm³/mol. The lowest BCUT2D eigenvalue weighted by atomic mass is 10.3. The average Bonchev–Trinajstić information content (AvgIpc) is 2.47. The van der Waals surface area contributed by atoms with Gasteiger partial charge in [0.1, 0.15) is 4.34 Å². The quantitative estimate of drug-likeness (QED) is 0.852. The molecule has 1 heterocycles. The monoisotopic (exact) mass is 241 g/mol. The predicted octanol–water partition coefficient (Wildman–Crippen LogP) is 2.53. The van der Waals surface area contributed by atoms with E-state index in [1.165, 1.54) is 17.4 Å². The van der Waals surface area contributed by atoms with E-state index in [9.17, 15) is 13.6 Å². The molecule has 0 unspecified atom stereocenters. The summed E-state index contributed by atoms with van der Waals surface area (Å²) >= 11 is 6.79. The Labute approximate surface area is 87.3 Å². The number of thiophene rings is 1. The van der Waals surface area contributed by atoms with Crippen LogP contribution in [-0.4, -0.2) is 23.5 Å². The number of rotatable bonds is 4. The molecule has 0 saturated carbocycles. The van der Waals surface area contributed by atoms with Crippen molar-refractivity contribution in [2.75, 3.05) is 11.9 Å². The van der Waals surface area contributed by atoms with Crippen LogP contribution in [-0.2, 0) is 4.79 Å². The summed E-state index contributed by atoms with van der Waals surface area (Å²) in [6.07, 6.45) is 0. The standard InChI is InChI=1S/C7H6ClF2NO2S/c8-5-4(1-2-14-5)11-3-7(9,10)6(12)13/h1-2,11H,3H2,(H,12,13). The minimum Gasteiger partial charge on any atom is -0.477 e. The molecule has 3 nitrogen and oxygen atoms in total. The average molecular weight is 242 g/mol. The van der Waals surface area contributed by atoms with E-state index in [2.05, 4.69) is 5.32 Å². The Hall–Kier alpha value is -0.880. The Kier molecular flexibility index (Phi) is 3.28. The van der Waals surface area contributed by atoms with Gasteiger partial charge in [-0.15, -0.1) is 11.3 Å². The van der Waals surface area contributed by atoms with Gasteiger partial charge in [0.15, 0.2) is 0 Å². The van der Waals surface area contributed by atoms with Crippen LogP contribution in [0.5, 0.6) is 0 Å². The molecule has 14 heavy (non-hydrogen) atoms. The molecule has 1 aromatic rings. The molecule has 0 spiro atoms. The fourth-order valence-corrected chi connectivity index (χ4v) is 1.58. The van der Waals surface area contributed by atoms with Crippen molar-refractivity contribution in [2.45, 2.75) is 5.92 Å². The second kappa shape index (κ2) is 4.10. The van der Waals surface area contributed by atoms with Crippen LogP contribution in [0.4, 0.5) is 14.5 Å². The lowest BCUT2D eigenvalue weighted by Crippen LogP contribution is -2.35. The maximum Gasteiger partial charge on any atom is 0.376 e. The van der Waals surface area contributed by atoms with E-state index in [4.69, 9.17) is 16.7 Å². The highest BCUT2D eigenvalue weighted by molar-refractivity contribution is 7.15. The fourth-order valence-electron chi connectivity index (χ4n) is 0.701. The molecule has 78 valence electrons. The van der Waals surface area contributed by atoms with Crippen LogP contribution in [0.15, 0.2) is 11.4 Å². The van der Waals surface area contributed by atoms with Crippen molar-refractivity contribution in [3.8, 4) is 0 Å². The number of halogens is 3. The zero-order valence-electron chi connectivity index (χ0n) is 6.76. The largest absolute Gasteiger partial charge is 0.477 e. The molecule has 0 fully saturated rings. The van der Waals surface area contributed by atoms with Crippen LogP contribution in [0.2, 0.25) is 4.34 Å². The highest BCUT2D eigenvalue weighted by Gasteiger charge is 2.38. The summed E-state index contributed by atoms with van der Waals surface area (Å²) in [4.78, 5) is 10.0. The van der Waals surface area contributed by atoms with Gasteiger partial charge < -0.3 is 10.4 Å². The fraction of sp³-hybridized carbons (Fsp3) is 0.286. The first-order valence-electron chi connectivity index (χ1n) is 3.51. The van der Waals surface area contributed by atoms with Crippen molar-refractivity contribution in [1.29, 1.82) is 0 Å². The van der Waals surface area contributed by atoms with Gasteiger partial charge in [0.25, 0.3) is 0 Å². The topological polar surface area (TPSA) is 49.3 Å². The SMILES string of the molecule is O=C(O)C(F)(F)CNc1ccsc1Cl. The molecule has 0 amide bonds. The van der Waals surface area contributed by atoms with E-state index in [0.717, 1.165) is 0 Å². The van der Waals surface area contributed by atoms with Crippen LogP contribution in [0.3, 0.4) is 0 Å². The van der Waals surface area contributed by atoms with Gasteiger partial charge in [-0.05, 0) is 11.4 Å². The first kappa shape index (κ1) is 11.2. The Bertz CT molecular complexity index is 342. The summed E-state index contributed by atoms with van der Waals surface area (Å²) in [6.45, 7) is -0.973. The Morgan fingerprint density at radius 1 is 1.71 bits per heavy atom. The normalized spacial score (nSPS) is 11.4. The van der Waals surface area contributed by atoms with Gasteiger partial charge >= 0.3 is 11.9 Å². The Morgan fingerprint density at radius 2 is 2.36 bits per heavy atom. The summed E-state index contributed by atoms with van der Waals surface area (Å²) < 4.78 is 25.5. The molecular formula is C7H6ClF2NO2S. The van der Waals surface area contributed by atoms with Crippen molar-refractivity contribution in [2.24, 2.45) is 0 Å². The van der Waals surface area contributed by atoms with Gasteiger partial charge in [-0.25, -0.2) is 4.79 Å². The van der Waals surface area contributed by atoms with Gasteiger partial charge in [-0.1, -0.05) is 11.6 Å². The van der Waals surface area contributed by atoms with E-state index in [0.29, 0.717) is 10.0 Å². The number of carboxylic acids is 1. The summed E-state index contributed by atoms with van der Waals surface area (Å²) in [6, 6.07) is 1.50. The number of hydrogen-bond acceptors (Lipinski definition) is 3. The minimum absolute atomic E-state index is 0.317. The summed E-state index contributed by atoms with van der Waals surface area (Å²) in [5.41, 5.74) is 0.317. The highest BCUT2D eigenvalue weighted by atomic mass is 35.5. The molecule has 0 aliphatic rings. The molecule has 2 N–H and O–H groups in total. The van der Waals surface area contributed by atoms with E-state index in [1.807, 2.05) is 0 Å². The van der Waals surface area contributed by atoms with Gasteiger partial charge in [0, 0.05) is 0 Å². The van der Waals surface area contributed by atoms with Crippen LogP contribution in [0.25, 0.3) is 0 Å². The molecule has 0 aliphatic carbocycles. The second-order valence-corrected chi connectivity index (χ2v) is 3.99. The van der Waals surface area contributed by atoms with Crippen LogP contribution >= 0.6 is 22.9 Å². The lowest BCUT2D eigenvalue weighted by Gasteiger charge is -2.12. The van der Waals surface area contributed by atoms with E-state index >= 15 is 0 Å². The smallest absolute Gasteiger partial charge is 0.376 e. The molecule has 0 saturated heterocycles. The van der Waals surface area contributed by atoms with Crippen LogP contribution in [0.1, 0.15) is 0 Å². The zero-order valence-corrected chi connectivity index (χ0v) is 8.33. The van der Waals surface area contributed by atoms with Gasteiger partial charge in [-0.2, -0.15) is 8.78 Å². The second-order valence-electron chi connectivity index (χ2n) is 2.47. The Morgan fingerprint density at radius 3 is 2.79 bits per heavy atom. The number of alkyl halides is 2. The van der Waals surface area contributed by atoms with Gasteiger partial charge in [0.05, 0.1) is 12.2 Å². The third-order valence-corrected chi connectivity index (χ3v) is 2.60. The summed E-state index contributed by atoms with van der Waals surface area (Å²) in [5, 5.41) is 12.0. The van der Waals surface area contributed by atoms with Gasteiger partial charge in [0.2, 0.25) is 0 Å². The Balaban J connectivity index is 2.57. The van der Waals surface area contributed by atoms with Crippen LogP contribution < -0.4 is 5.32 Å². The third kappa shape index (κ3) is 2.55. The first-order chi connectivity index (χ1) is 6.43. The number of carboxylic acid groups (broad SMARTS) is 1. The minimum atomic E-state index is -3.79. The number of aliphatic carboxylic acids is 1. The molecule has 0 bridgehead atoms. The summed E-state index contributed by atoms with van der Waals surface area (Å²) in [7, 11) is 0. The molecule has 1 rings (SSSR count). The molecule has 0 atom stereocenters. The molecule has 0 radical (unpaired) electrons. The number of carbonyl (C=O) groups is 1. The van der Waals surface area contributed by atoms with E-state index < -0.39 is 18.4 Å². The molecule has 0 aliphatic heterocycles. The van der Waals surface area contributed by atoms with Crippen LogP contribution in [0, 0.1) is 0 Å². The van der Waals surface area contributed by atoms with Crippen molar-refractivity contribution in [3.63, 3.8) is 0 Å². The van der Waals surface area contributed by atoms with Gasteiger partial charge in [-0.3, -0.25) is 0 Å². The molecule has 7 heteroatoms. The van der Waals surface area contributed by atoms with E-state index in [-0.39, 0.29) is 0 Å². The maximum absolute atomic E-state index is 12.6. The molecule has 0 aromatic carbocycles. The highest BCUT2D eigenvalue weighted by Crippen LogP contribution is 2.28. The lowest BCUT2D eigenvalue weighted by molar-refractivity contribution is -0.162. The van der Waals surface area contributed by atoms with E-state index in [1.54, 1.807) is 5.38 Å². The number of anilines is 1. The number of nitrogens with one attached hydrogen (secondary N) is 1. The summed E-state index contributed by atoms with van der Waals surface area (Å²) in [5.74, 6) is -5.94. The third-order valence-electron chi connectivity index (χ3n) is 1.43. The van der Waals surface area contributed by atoms with Crippen molar-refractivity contribution in [1.82, 2.24) is 0 Å². The zero-order chi connectivity index (χ0) is 10.8. The van der Waals surface area contributed by atoms with Crippen molar-refractivity contribution < 1.29 is 18.7 Å². The van der Waals surface area contributed by atoms with Crippen molar-refractivity contribution in [3.05, 3.63) is 15.8 Å². The maximum atomic E-state index is 12.6.